The van der Waals surface area contributed by atoms with E-state index in [1.165, 1.54) is 0 Å². The van der Waals surface area contributed by atoms with Crippen molar-refractivity contribution < 1.29 is 0 Å². The minimum absolute atomic E-state index is 0.407. The van der Waals surface area contributed by atoms with Crippen molar-refractivity contribution in [2.24, 2.45) is 0 Å². The molecule has 0 N–H and O–H groups in total. The lowest BCUT2D eigenvalue weighted by Crippen LogP contribution is -1.99. The largest absolute Gasteiger partial charge is 0.261 e. The molecule has 0 amide bonds. The summed E-state index contributed by atoms with van der Waals surface area (Å²) in [5.74, 6) is 1.40. The summed E-state index contributed by atoms with van der Waals surface area (Å²) in [6.45, 7) is 1.87. The Labute approximate surface area is 125 Å². The second kappa shape index (κ2) is 4.49. The van der Waals surface area contributed by atoms with Crippen molar-refractivity contribution in [1.29, 1.82) is 0 Å². The van der Waals surface area contributed by atoms with E-state index in [9.17, 15) is 0 Å². The Hall–Kier alpha value is -2.53. The Morgan fingerprint density at radius 3 is 2.86 bits per heavy atom. The molecule has 4 aromatic rings. The van der Waals surface area contributed by atoms with Gasteiger partial charge < -0.3 is 0 Å². The van der Waals surface area contributed by atoms with Gasteiger partial charge in [-0.15, -0.1) is 10.2 Å². The molecule has 5 nitrogen and oxygen atoms in total. The summed E-state index contributed by atoms with van der Waals surface area (Å²) in [7, 11) is 0. The van der Waals surface area contributed by atoms with Crippen molar-refractivity contribution >= 4 is 28.0 Å². The number of halogens is 1. The number of pyridine rings is 1. The number of nitrogens with zero attached hydrogens (tertiary/aromatic N) is 5. The molecule has 3 aromatic heterocycles. The van der Waals surface area contributed by atoms with Gasteiger partial charge in [-0.2, -0.15) is 0 Å². The minimum atomic E-state index is 0.407. The van der Waals surface area contributed by atoms with Crippen molar-refractivity contribution in [3.05, 3.63) is 53.6 Å². The zero-order chi connectivity index (χ0) is 14.4. The SMILES string of the molecule is Cc1nc(Cl)cc2nnc(-c3nccc4ccccc34)n12. The molecular formula is C15H10ClN5. The highest BCUT2D eigenvalue weighted by molar-refractivity contribution is 6.29. The number of benzene rings is 1. The Bertz CT molecular complexity index is 971. The Morgan fingerprint density at radius 1 is 1.10 bits per heavy atom. The molecule has 1 aromatic carbocycles. The number of aromatic nitrogens is 5. The molecule has 0 spiro atoms. The first kappa shape index (κ1) is 12.2. The van der Waals surface area contributed by atoms with Gasteiger partial charge in [0.25, 0.3) is 0 Å². The van der Waals surface area contributed by atoms with Gasteiger partial charge in [0.2, 0.25) is 0 Å². The van der Waals surface area contributed by atoms with Gasteiger partial charge in [0.05, 0.1) is 0 Å². The van der Waals surface area contributed by atoms with Crippen molar-refractivity contribution in [2.75, 3.05) is 0 Å². The van der Waals surface area contributed by atoms with E-state index < -0.39 is 0 Å². The summed E-state index contributed by atoms with van der Waals surface area (Å²) >= 11 is 5.97. The number of aryl methyl sites for hydroxylation is 1. The van der Waals surface area contributed by atoms with Crippen LogP contribution in [0.1, 0.15) is 5.82 Å². The van der Waals surface area contributed by atoms with Crippen LogP contribution in [0.4, 0.5) is 0 Å². The normalized spacial score (nSPS) is 11.3. The molecule has 102 valence electrons. The summed E-state index contributed by atoms with van der Waals surface area (Å²) in [6, 6.07) is 11.7. The van der Waals surface area contributed by atoms with Crippen LogP contribution < -0.4 is 0 Å². The van der Waals surface area contributed by atoms with Crippen LogP contribution >= 0.6 is 11.6 Å². The van der Waals surface area contributed by atoms with Crippen LogP contribution in [-0.4, -0.2) is 24.6 Å². The van der Waals surface area contributed by atoms with Crippen molar-refractivity contribution in [2.45, 2.75) is 6.92 Å². The summed E-state index contributed by atoms with van der Waals surface area (Å²) in [5.41, 5.74) is 1.45. The highest BCUT2D eigenvalue weighted by Crippen LogP contribution is 2.26. The van der Waals surface area contributed by atoms with Crippen LogP contribution in [0.2, 0.25) is 5.15 Å². The van der Waals surface area contributed by atoms with Crippen molar-refractivity contribution in [3.8, 4) is 11.5 Å². The molecule has 21 heavy (non-hydrogen) atoms. The maximum absolute atomic E-state index is 5.97. The average molecular weight is 296 g/mol. The standard InChI is InChI=1S/C15H10ClN5/c1-9-18-12(16)8-13-19-20-15(21(9)13)14-11-5-3-2-4-10(11)6-7-17-14/h2-8H,1H3. The van der Waals surface area contributed by atoms with Crippen LogP contribution in [-0.2, 0) is 0 Å². The van der Waals surface area contributed by atoms with Gasteiger partial charge in [-0.05, 0) is 18.4 Å². The molecule has 0 saturated heterocycles. The zero-order valence-corrected chi connectivity index (χ0v) is 11.9. The topological polar surface area (TPSA) is 56.0 Å². The first-order valence-electron chi connectivity index (χ1n) is 6.46. The maximum Gasteiger partial charge on any atom is 0.189 e. The van der Waals surface area contributed by atoms with E-state index in [4.69, 9.17) is 11.6 Å². The number of rotatable bonds is 1. The predicted octanol–water partition coefficient (Wildman–Crippen LogP) is 3.30. The second-order valence-corrected chi connectivity index (χ2v) is 5.11. The van der Waals surface area contributed by atoms with Gasteiger partial charge >= 0.3 is 0 Å². The fourth-order valence-electron chi connectivity index (χ4n) is 2.50. The van der Waals surface area contributed by atoms with E-state index in [-0.39, 0.29) is 0 Å². The molecule has 0 bridgehead atoms. The zero-order valence-electron chi connectivity index (χ0n) is 11.2. The number of hydrogen-bond donors (Lipinski definition) is 0. The molecule has 0 fully saturated rings. The molecule has 3 heterocycles. The molecule has 0 aliphatic carbocycles. The van der Waals surface area contributed by atoms with Crippen LogP contribution in [0.3, 0.4) is 0 Å². The maximum atomic E-state index is 5.97. The molecule has 0 unspecified atom stereocenters. The summed E-state index contributed by atoms with van der Waals surface area (Å²) < 4.78 is 1.86. The third-order valence-electron chi connectivity index (χ3n) is 3.41. The first-order valence-corrected chi connectivity index (χ1v) is 6.84. The number of hydrogen-bond acceptors (Lipinski definition) is 4. The summed E-state index contributed by atoms with van der Waals surface area (Å²) in [4.78, 5) is 8.74. The third-order valence-corrected chi connectivity index (χ3v) is 3.61. The Morgan fingerprint density at radius 2 is 1.95 bits per heavy atom. The number of fused-ring (bicyclic) bond motifs is 2. The molecule has 0 aliphatic rings. The highest BCUT2D eigenvalue weighted by Gasteiger charge is 2.15. The fraction of sp³-hybridized carbons (Fsp3) is 0.0667. The molecule has 6 heteroatoms. The van der Waals surface area contributed by atoms with Gasteiger partial charge in [-0.1, -0.05) is 35.9 Å². The molecule has 0 aliphatic heterocycles. The Balaban J connectivity index is 2.10. The molecule has 0 saturated carbocycles. The third kappa shape index (κ3) is 1.86. The second-order valence-electron chi connectivity index (χ2n) is 4.72. The van der Waals surface area contributed by atoms with Crippen molar-refractivity contribution in [1.82, 2.24) is 24.6 Å². The van der Waals surface area contributed by atoms with E-state index in [1.807, 2.05) is 41.7 Å². The van der Waals surface area contributed by atoms with E-state index >= 15 is 0 Å². The van der Waals surface area contributed by atoms with Crippen molar-refractivity contribution in [3.63, 3.8) is 0 Å². The lowest BCUT2D eigenvalue weighted by atomic mass is 10.1. The monoisotopic (exact) mass is 295 g/mol. The van der Waals surface area contributed by atoms with Gasteiger partial charge in [-0.3, -0.25) is 9.38 Å². The lowest BCUT2D eigenvalue weighted by Gasteiger charge is -2.06. The average Bonchev–Trinajstić information content (AvgIpc) is 2.90. The van der Waals surface area contributed by atoms with Gasteiger partial charge in [-0.25, -0.2) is 4.98 Å². The van der Waals surface area contributed by atoms with Crippen LogP contribution in [0.15, 0.2) is 42.6 Å². The fourth-order valence-corrected chi connectivity index (χ4v) is 2.72. The molecular weight excluding hydrogens is 286 g/mol. The predicted molar refractivity (Wildman–Crippen MR) is 81.3 cm³/mol. The minimum Gasteiger partial charge on any atom is -0.261 e. The first-order chi connectivity index (χ1) is 10.2. The van der Waals surface area contributed by atoms with Crippen LogP contribution in [0, 0.1) is 6.92 Å². The van der Waals surface area contributed by atoms with E-state index in [2.05, 4.69) is 20.2 Å². The van der Waals surface area contributed by atoms with Crippen LogP contribution in [0.25, 0.3) is 27.9 Å². The van der Waals surface area contributed by atoms with E-state index in [1.54, 1.807) is 12.3 Å². The van der Waals surface area contributed by atoms with Crippen LogP contribution in [0.5, 0.6) is 0 Å². The molecule has 0 radical (unpaired) electrons. The van der Waals surface area contributed by atoms with E-state index in [0.29, 0.717) is 16.6 Å². The molecule has 0 atom stereocenters. The quantitative estimate of drug-likeness (QED) is 0.506. The highest BCUT2D eigenvalue weighted by atomic mass is 35.5. The summed E-state index contributed by atoms with van der Waals surface area (Å²) in [5, 5.41) is 11.0. The lowest BCUT2D eigenvalue weighted by molar-refractivity contribution is 0.983. The Kier molecular flexibility index (Phi) is 2.62. The summed E-state index contributed by atoms with van der Waals surface area (Å²) in [6.07, 6.45) is 1.78. The van der Waals surface area contributed by atoms with Gasteiger partial charge in [0, 0.05) is 17.6 Å². The van der Waals surface area contributed by atoms with Gasteiger partial charge in [0.15, 0.2) is 11.5 Å². The smallest absolute Gasteiger partial charge is 0.189 e. The van der Waals surface area contributed by atoms with Gasteiger partial charge in [0.1, 0.15) is 16.7 Å². The van der Waals surface area contributed by atoms with E-state index in [0.717, 1.165) is 22.3 Å². The molecule has 4 rings (SSSR count).